The largest absolute Gasteiger partial charge is 0.494 e. The molecule has 2 aromatic rings. The molecule has 1 atom stereocenters. The van der Waals surface area contributed by atoms with E-state index in [1.165, 1.54) is 7.11 Å². The summed E-state index contributed by atoms with van der Waals surface area (Å²) in [6.07, 6.45) is 5.68. The molecule has 1 unspecified atom stereocenters. The van der Waals surface area contributed by atoms with Crippen molar-refractivity contribution < 1.29 is 19.1 Å². The molecule has 1 amide bonds. The Morgan fingerprint density at radius 2 is 2.07 bits per heavy atom. The third-order valence-electron chi connectivity index (χ3n) is 5.42. The van der Waals surface area contributed by atoms with Crippen molar-refractivity contribution in [3.63, 3.8) is 0 Å². The van der Waals surface area contributed by atoms with Crippen LogP contribution < -0.4 is 9.47 Å². The molecule has 1 spiro atoms. The Hall–Kier alpha value is -2.89. The van der Waals surface area contributed by atoms with Crippen LogP contribution in [0.3, 0.4) is 0 Å². The molecule has 6 nitrogen and oxygen atoms in total. The molecule has 0 N–H and O–H groups in total. The Bertz CT molecular complexity index is 882. The molecule has 4 rings (SSSR count). The number of amides is 1. The highest BCUT2D eigenvalue weighted by atomic mass is 16.5. The number of ketones is 1. The van der Waals surface area contributed by atoms with Gasteiger partial charge in [0.25, 0.3) is 5.91 Å². The van der Waals surface area contributed by atoms with E-state index < -0.39 is 5.60 Å². The van der Waals surface area contributed by atoms with Crippen molar-refractivity contribution in [3.05, 3.63) is 53.9 Å². The van der Waals surface area contributed by atoms with E-state index in [0.717, 1.165) is 12.8 Å². The predicted molar refractivity (Wildman–Crippen MR) is 99.3 cm³/mol. The van der Waals surface area contributed by atoms with E-state index in [2.05, 4.69) is 4.98 Å². The van der Waals surface area contributed by atoms with Crippen LogP contribution in [0.1, 0.15) is 46.4 Å². The number of nitrogens with zero attached hydrogens (tertiary/aromatic N) is 2. The molecule has 0 aliphatic carbocycles. The van der Waals surface area contributed by atoms with Crippen LogP contribution in [0.25, 0.3) is 0 Å². The Morgan fingerprint density at radius 3 is 2.93 bits per heavy atom. The fourth-order valence-electron chi connectivity index (χ4n) is 3.98. The summed E-state index contributed by atoms with van der Waals surface area (Å²) in [5.74, 6) is 1.17. The second kappa shape index (κ2) is 7.02. The van der Waals surface area contributed by atoms with Crippen molar-refractivity contribution in [1.82, 2.24) is 9.88 Å². The molecule has 0 bridgehead atoms. The molecule has 3 heterocycles. The zero-order valence-corrected chi connectivity index (χ0v) is 15.3. The number of para-hydroxylation sites is 1. The number of likely N-dealkylation sites (tertiary alicyclic amines) is 1. The van der Waals surface area contributed by atoms with Gasteiger partial charge in [0.2, 0.25) is 0 Å². The molecular formula is C21H22N2O4. The van der Waals surface area contributed by atoms with Crippen molar-refractivity contribution in [1.29, 1.82) is 0 Å². The van der Waals surface area contributed by atoms with E-state index >= 15 is 0 Å². The quantitative estimate of drug-likeness (QED) is 0.817. The minimum atomic E-state index is -0.525. The zero-order valence-electron chi connectivity index (χ0n) is 15.3. The van der Waals surface area contributed by atoms with Gasteiger partial charge < -0.3 is 14.4 Å². The Kier molecular flexibility index (Phi) is 4.56. The number of ether oxygens (including phenoxy) is 2. The molecule has 0 saturated carbocycles. The van der Waals surface area contributed by atoms with Gasteiger partial charge in [-0.15, -0.1) is 0 Å². The number of Topliss-reactive ketones (excluding diaryl/α,β-unsaturated/α-hetero) is 1. The predicted octanol–water partition coefficient (Wildman–Crippen LogP) is 3.12. The summed E-state index contributed by atoms with van der Waals surface area (Å²) in [6.45, 7) is 1.17. The first kappa shape index (κ1) is 17.5. The zero-order chi connectivity index (χ0) is 18.9. The molecule has 1 aromatic heterocycles. The van der Waals surface area contributed by atoms with E-state index in [0.29, 0.717) is 48.6 Å². The molecule has 6 heteroatoms. The van der Waals surface area contributed by atoms with Crippen LogP contribution in [0.5, 0.6) is 11.5 Å². The maximum absolute atomic E-state index is 13.0. The van der Waals surface area contributed by atoms with Gasteiger partial charge >= 0.3 is 0 Å². The van der Waals surface area contributed by atoms with Crippen LogP contribution in [0.15, 0.2) is 42.7 Å². The Labute approximate surface area is 158 Å². The maximum atomic E-state index is 13.0. The van der Waals surface area contributed by atoms with E-state index in [1.54, 1.807) is 18.5 Å². The van der Waals surface area contributed by atoms with E-state index in [1.807, 2.05) is 29.2 Å². The van der Waals surface area contributed by atoms with Crippen molar-refractivity contribution in [2.24, 2.45) is 0 Å². The van der Waals surface area contributed by atoms with Crippen molar-refractivity contribution >= 4 is 11.7 Å². The van der Waals surface area contributed by atoms with Gasteiger partial charge in [-0.05, 0) is 31.0 Å². The topological polar surface area (TPSA) is 68.7 Å². The third kappa shape index (κ3) is 3.27. The first-order chi connectivity index (χ1) is 13.1. The molecular weight excluding hydrogens is 344 g/mol. The number of hydrogen-bond donors (Lipinski definition) is 0. The fourth-order valence-corrected chi connectivity index (χ4v) is 3.98. The lowest BCUT2D eigenvalue weighted by Gasteiger charge is -2.37. The highest BCUT2D eigenvalue weighted by Crippen LogP contribution is 2.39. The van der Waals surface area contributed by atoms with Crippen LogP contribution in [0, 0.1) is 0 Å². The first-order valence-electron chi connectivity index (χ1n) is 9.20. The normalized spacial score (nSPS) is 22.0. The number of carbonyl (C=O) groups excluding carboxylic acids is 2. The highest BCUT2D eigenvalue weighted by molar-refractivity contribution is 6.00. The number of methoxy groups -OCH3 is 1. The lowest BCUT2D eigenvalue weighted by Crippen LogP contribution is -2.43. The van der Waals surface area contributed by atoms with E-state index in [-0.39, 0.29) is 11.7 Å². The first-order valence-corrected chi connectivity index (χ1v) is 9.20. The number of rotatable bonds is 2. The van der Waals surface area contributed by atoms with Crippen LogP contribution in [-0.2, 0) is 0 Å². The van der Waals surface area contributed by atoms with Gasteiger partial charge in [-0.25, -0.2) is 0 Å². The van der Waals surface area contributed by atoms with Crippen LogP contribution in [0.4, 0.5) is 0 Å². The number of benzene rings is 1. The van der Waals surface area contributed by atoms with Crippen molar-refractivity contribution in [2.75, 3.05) is 20.2 Å². The number of hydrogen-bond acceptors (Lipinski definition) is 5. The number of aromatic nitrogens is 1. The molecule has 140 valence electrons. The van der Waals surface area contributed by atoms with Gasteiger partial charge in [0, 0.05) is 25.7 Å². The van der Waals surface area contributed by atoms with Crippen LogP contribution in [0.2, 0.25) is 0 Å². The standard InChI is InChI=1S/C21H22N2O4/c1-26-19-14-22-10-7-16(19)20(25)23-11-4-8-21(9-12-23)13-17(24)15-5-2-3-6-18(15)27-21/h2-3,5-7,10,14H,4,8-9,11-13H2,1H3. The Balaban J connectivity index is 1.53. The minimum absolute atomic E-state index is 0.0752. The van der Waals surface area contributed by atoms with Gasteiger partial charge in [0.1, 0.15) is 17.1 Å². The molecule has 27 heavy (non-hydrogen) atoms. The number of pyridine rings is 1. The lowest BCUT2D eigenvalue weighted by molar-refractivity contribution is 0.0300. The summed E-state index contributed by atoms with van der Waals surface area (Å²) in [5.41, 5.74) is 0.638. The van der Waals surface area contributed by atoms with Gasteiger partial charge in [0.15, 0.2) is 5.78 Å². The van der Waals surface area contributed by atoms with Gasteiger partial charge in [-0.3, -0.25) is 14.6 Å². The van der Waals surface area contributed by atoms with Gasteiger partial charge in [0.05, 0.1) is 30.9 Å². The van der Waals surface area contributed by atoms with Crippen molar-refractivity contribution in [2.45, 2.75) is 31.3 Å². The lowest BCUT2D eigenvalue weighted by atomic mass is 9.84. The average Bonchev–Trinajstić information content (AvgIpc) is 2.90. The summed E-state index contributed by atoms with van der Waals surface area (Å²) in [6, 6.07) is 9.08. The fraction of sp³-hybridized carbons (Fsp3) is 0.381. The van der Waals surface area contributed by atoms with E-state index in [4.69, 9.17) is 9.47 Å². The van der Waals surface area contributed by atoms with Crippen molar-refractivity contribution in [3.8, 4) is 11.5 Å². The second-order valence-corrected chi connectivity index (χ2v) is 7.10. The highest BCUT2D eigenvalue weighted by Gasteiger charge is 2.42. The SMILES string of the molecule is COc1cnccc1C(=O)N1CCCC2(CC1)CC(=O)c1ccccc1O2. The third-order valence-corrected chi connectivity index (χ3v) is 5.42. The molecule has 1 fully saturated rings. The summed E-state index contributed by atoms with van der Waals surface area (Å²) < 4.78 is 11.6. The molecule has 0 radical (unpaired) electrons. The average molecular weight is 366 g/mol. The number of fused-ring (bicyclic) bond motifs is 1. The van der Waals surface area contributed by atoms with Gasteiger partial charge in [-0.2, -0.15) is 0 Å². The molecule has 1 saturated heterocycles. The summed E-state index contributed by atoms with van der Waals surface area (Å²) >= 11 is 0. The molecule has 1 aromatic carbocycles. The molecule has 2 aliphatic rings. The summed E-state index contributed by atoms with van der Waals surface area (Å²) in [4.78, 5) is 31.4. The Morgan fingerprint density at radius 1 is 1.22 bits per heavy atom. The van der Waals surface area contributed by atoms with Gasteiger partial charge in [-0.1, -0.05) is 12.1 Å². The minimum Gasteiger partial charge on any atom is -0.494 e. The number of carbonyl (C=O) groups is 2. The summed E-state index contributed by atoms with van der Waals surface area (Å²) in [5, 5.41) is 0. The second-order valence-electron chi connectivity index (χ2n) is 7.10. The summed E-state index contributed by atoms with van der Waals surface area (Å²) in [7, 11) is 1.53. The smallest absolute Gasteiger partial charge is 0.257 e. The van der Waals surface area contributed by atoms with E-state index in [9.17, 15) is 9.59 Å². The van der Waals surface area contributed by atoms with Crippen LogP contribution >= 0.6 is 0 Å². The molecule has 2 aliphatic heterocycles. The maximum Gasteiger partial charge on any atom is 0.257 e. The monoisotopic (exact) mass is 366 g/mol. The van der Waals surface area contributed by atoms with Crippen LogP contribution in [-0.4, -0.2) is 47.4 Å².